The molecule has 3 amide bonds. The third-order valence-corrected chi connectivity index (χ3v) is 7.36. The maximum Gasteiger partial charge on any atom is 0.315 e. The van der Waals surface area contributed by atoms with Crippen molar-refractivity contribution >= 4 is 35.2 Å². The van der Waals surface area contributed by atoms with Gasteiger partial charge in [-0.2, -0.15) is 11.8 Å². The molecule has 3 N–H and O–H groups in total. The Hall–Kier alpha value is -2.00. The Labute approximate surface area is 181 Å². The lowest BCUT2D eigenvalue weighted by molar-refractivity contribution is -0.116. The highest BCUT2D eigenvalue weighted by atomic mass is 32.2. The number of fused-ring (bicyclic) bond motifs is 1. The monoisotopic (exact) mass is 433 g/mol. The molecule has 3 saturated heterocycles. The predicted octanol–water partition coefficient (Wildman–Crippen LogP) is 2.36. The second-order valence-corrected chi connectivity index (χ2v) is 9.76. The fraction of sp³-hybridized carbons (Fsp3) is 0.667. The van der Waals surface area contributed by atoms with Crippen LogP contribution in [0.25, 0.3) is 0 Å². The third kappa shape index (κ3) is 5.18. The van der Waals surface area contributed by atoms with Crippen LogP contribution in [-0.4, -0.2) is 65.3 Å². The van der Waals surface area contributed by atoms with Gasteiger partial charge in [0.25, 0.3) is 0 Å². The number of urea groups is 1. The number of carbonyl (C=O) groups is 2. The Kier molecular flexibility index (Phi) is 6.67. The first-order chi connectivity index (χ1) is 14.5. The molecule has 1 aromatic heterocycles. The van der Waals surface area contributed by atoms with E-state index in [1.54, 1.807) is 6.20 Å². The second kappa shape index (κ2) is 9.43. The minimum atomic E-state index is -0.0491. The number of aromatic nitrogens is 1. The van der Waals surface area contributed by atoms with Gasteiger partial charge in [-0.25, -0.2) is 9.78 Å². The first kappa shape index (κ1) is 21.2. The van der Waals surface area contributed by atoms with Crippen molar-refractivity contribution in [2.75, 3.05) is 29.1 Å². The fourth-order valence-electron chi connectivity index (χ4n) is 4.51. The first-order valence-electron chi connectivity index (χ1n) is 10.8. The summed E-state index contributed by atoms with van der Waals surface area (Å²) >= 11 is 1.91. The molecule has 3 fully saturated rings. The average molecular weight is 434 g/mol. The number of anilines is 2. The van der Waals surface area contributed by atoms with Gasteiger partial charge in [0.15, 0.2) is 0 Å². The highest BCUT2D eigenvalue weighted by molar-refractivity contribution is 8.00. The van der Waals surface area contributed by atoms with Gasteiger partial charge in [0.1, 0.15) is 5.82 Å². The maximum absolute atomic E-state index is 12.3. The predicted molar refractivity (Wildman–Crippen MR) is 119 cm³/mol. The molecule has 4 rings (SSSR count). The fourth-order valence-corrected chi connectivity index (χ4v) is 6.05. The van der Waals surface area contributed by atoms with Crippen LogP contribution in [0.4, 0.5) is 16.3 Å². The summed E-state index contributed by atoms with van der Waals surface area (Å²) in [4.78, 5) is 30.4. The van der Waals surface area contributed by atoms with E-state index in [2.05, 4.69) is 39.7 Å². The van der Waals surface area contributed by atoms with Gasteiger partial charge in [0.05, 0.1) is 36.2 Å². The van der Waals surface area contributed by atoms with Crippen molar-refractivity contribution in [2.24, 2.45) is 0 Å². The van der Waals surface area contributed by atoms with Crippen LogP contribution in [0.5, 0.6) is 0 Å². The largest absolute Gasteiger partial charge is 0.372 e. The lowest BCUT2D eigenvalue weighted by Gasteiger charge is -2.36. The second-order valence-electron chi connectivity index (χ2n) is 8.48. The molecule has 0 aromatic carbocycles. The van der Waals surface area contributed by atoms with Crippen LogP contribution < -0.4 is 20.9 Å². The number of ether oxygens (including phenoxy) is 1. The summed E-state index contributed by atoms with van der Waals surface area (Å²) < 4.78 is 5.77. The minimum Gasteiger partial charge on any atom is -0.372 e. The molecule has 0 radical (unpaired) electrons. The van der Waals surface area contributed by atoms with Crippen molar-refractivity contribution < 1.29 is 14.3 Å². The molecule has 5 atom stereocenters. The molecule has 1 aromatic rings. The summed E-state index contributed by atoms with van der Waals surface area (Å²) in [7, 11) is 0. The van der Waals surface area contributed by atoms with E-state index in [1.165, 1.54) is 0 Å². The number of nitrogens with zero attached hydrogens (tertiary/aromatic N) is 2. The quantitative estimate of drug-likeness (QED) is 0.451. The number of amides is 3. The van der Waals surface area contributed by atoms with E-state index in [-0.39, 0.29) is 36.2 Å². The molecule has 164 valence electrons. The summed E-state index contributed by atoms with van der Waals surface area (Å²) in [5.41, 5.74) is 0.729. The van der Waals surface area contributed by atoms with Crippen LogP contribution in [-0.2, 0) is 9.53 Å². The van der Waals surface area contributed by atoms with Crippen molar-refractivity contribution in [3.05, 3.63) is 18.3 Å². The minimum absolute atomic E-state index is 0.0194. The molecule has 0 bridgehead atoms. The molecule has 4 heterocycles. The van der Waals surface area contributed by atoms with Crippen molar-refractivity contribution in [3.8, 4) is 0 Å². The van der Waals surface area contributed by atoms with Crippen LogP contribution in [0, 0.1) is 0 Å². The van der Waals surface area contributed by atoms with Crippen LogP contribution in [0.3, 0.4) is 0 Å². The summed E-state index contributed by atoms with van der Waals surface area (Å²) in [5.74, 6) is 1.90. The maximum atomic E-state index is 12.3. The van der Waals surface area contributed by atoms with Gasteiger partial charge in [-0.1, -0.05) is 6.42 Å². The molecule has 30 heavy (non-hydrogen) atoms. The van der Waals surface area contributed by atoms with Crippen molar-refractivity contribution in [3.63, 3.8) is 0 Å². The van der Waals surface area contributed by atoms with E-state index in [9.17, 15) is 9.59 Å². The van der Waals surface area contributed by atoms with Gasteiger partial charge in [0.2, 0.25) is 5.91 Å². The van der Waals surface area contributed by atoms with Gasteiger partial charge in [-0.05, 0) is 38.8 Å². The van der Waals surface area contributed by atoms with Crippen LogP contribution in [0.2, 0.25) is 0 Å². The zero-order valence-electron chi connectivity index (χ0n) is 17.6. The Morgan fingerprint density at radius 2 is 2.07 bits per heavy atom. The average Bonchev–Trinajstić information content (AvgIpc) is 3.24. The van der Waals surface area contributed by atoms with Gasteiger partial charge in [0, 0.05) is 30.5 Å². The summed E-state index contributed by atoms with van der Waals surface area (Å²) in [5, 5.41) is 9.36. The number of hydrogen-bond donors (Lipinski definition) is 3. The van der Waals surface area contributed by atoms with Crippen molar-refractivity contribution in [2.45, 2.75) is 69.1 Å². The summed E-state index contributed by atoms with van der Waals surface area (Å²) in [6.07, 6.45) is 5.44. The van der Waals surface area contributed by atoms with Crippen molar-refractivity contribution in [1.82, 2.24) is 15.6 Å². The van der Waals surface area contributed by atoms with Crippen LogP contribution >= 0.6 is 11.8 Å². The SMILES string of the molecule is CC1CN(c2ccc(NC(=O)CCCC[C@@H]3SC[C@@H]4NC(=O)N[C@@H]43)cn2)CC(C)O1. The Balaban J connectivity index is 1.17. The molecule has 0 saturated carbocycles. The number of hydrogen-bond acceptors (Lipinski definition) is 6. The molecular formula is C21H31N5O3S. The third-order valence-electron chi connectivity index (χ3n) is 5.86. The van der Waals surface area contributed by atoms with Gasteiger partial charge in [-0.15, -0.1) is 0 Å². The Morgan fingerprint density at radius 1 is 1.27 bits per heavy atom. The highest BCUT2D eigenvalue weighted by Gasteiger charge is 2.42. The van der Waals surface area contributed by atoms with E-state index in [0.717, 1.165) is 49.6 Å². The number of carbonyl (C=O) groups excluding carboxylic acids is 2. The lowest BCUT2D eigenvalue weighted by Crippen LogP contribution is -2.45. The zero-order chi connectivity index (χ0) is 21.1. The standard InChI is InChI=1S/C21H31N5O3S/c1-13-10-26(11-14(2)29-13)18-8-7-15(9-22-18)23-19(27)6-4-3-5-17-20-16(12-30-17)24-21(28)25-20/h7-9,13-14,16-17,20H,3-6,10-12H2,1-2H3,(H,23,27)(H2,24,25,28)/t13?,14?,16-,17-,20-/m0/s1. The van der Waals surface area contributed by atoms with E-state index in [0.29, 0.717) is 11.7 Å². The number of morpholine rings is 1. The van der Waals surface area contributed by atoms with Crippen LogP contribution in [0.15, 0.2) is 18.3 Å². The van der Waals surface area contributed by atoms with Crippen LogP contribution in [0.1, 0.15) is 39.5 Å². The number of pyridine rings is 1. The van der Waals surface area contributed by atoms with E-state index in [4.69, 9.17) is 4.74 Å². The van der Waals surface area contributed by atoms with E-state index in [1.807, 2.05) is 23.9 Å². The number of rotatable bonds is 7. The molecule has 0 aliphatic carbocycles. The van der Waals surface area contributed by atoms with Gasteiger partial charge >= 0.3 is 6.03 Å². The highest BCUT2D eigenvalue weighted by Crippen LogP contribution is 2.33. The molecule has 3 aliphatic rings. The van der Waals surface area contributed by atoms with Gasteiger partial charge < -0.3 is 25.6 Å². The van der Waals surface area contributed by atoms with Crippen molar-refractivity contribution in [1.29, 1.82) is 0 Å². The topological polar surface area (TPSA) is 95.6 Å². The summed E-state index contributed by atoms with van der Waals surface area (Å²) in [6.45, 7) is 5.79. The number of thioether (sulfide) groups is 1. The Morgan fingerprint density at radius 3 is 2.80 bits per heavy atom. The molecule has 3 aliphatic heterocycles. The van der Waals surface area contributed by atoms with Gasteiger partial charge in [-0.3, -0.25) is 4.79 Å². The zero-order valence-corrected chi connectivity index (χ0v) is 18.4. The Bertz CT molecular complexity index is 752. The van der Waals surface area contributed by atoms with E-state index < -0.39 is 0 Å². The lowest BCUT2D eigenvalue weighted by atomic mass is 10.0. The molecule has 2 unspecified atom stereocenters. The number of nitrogens with one attached hydrogen (secondary N) is 3. The normalized spacial score (nSPS) is 30.5. The summed E-state index contributed by atoms with van der Waals surface area (Å²) in [6, 6.07) is 4.31. The number of unbranched alkanes of at least 4 members (excludes halogenated alkanes) is 1. The molecule has 8 nitrogen and oxygen atoms in total. The molecule has 9 heteroatoms. The smallest absolute Gasteiger partial charge is 0.315 e. The molecular weight excluding hydrogens is 402 g/mol. The molecule has 0 spiro atoms. The first-order valence-corrected chi connectivity index (χ1v) is 11.9. The van der Waals surface area contributed by atoms with E-state index >= 15 is 0 Å².